The molecule has 0 aromatic carbocycles. The molecule has 0 bridgehead atoms. The molecule has 3 aliphatic rings. The fraction of sp³-hybridized carbons (Fsp3) is 1.00. The van der Waals surface area contributed by atoms with Crippen LogP contribution in [0.15, 0.2) is 0 Å². The molecule has 3 nitrogen and oxygen atoms in total. The van der Waals surface area contributed by atoms with Crippen LogP contribution >= 0.6 is 0 Å². The van der Waals surface area contributed by atoms with Gasteiger partial charge in [0.1, 0.15) is 0 Å². The van der Waals surface area contributed by atoms with Crippen molar-refractivity contribution < 1.29 is 9.47 Å². The van der Waals surface area contributed by atoms with Crippen molar-refractivity contribution in [1.29, 1.82) is 0 Å². The molecular formula is C17H31NO2. The summed E-state index contributed by atoms with van der Waals surface area (Å²) in [6, 6.07) is 0.398. The predicted molar refractivity (Wildman–Crippen MR) is 80.6 cm³/mol. The van der Waals surface area contributed by atoms with Crippen LogP contribution in [-0.2, 0) is 9.47 Å². The van der Waals surface area contributed by atoms with Gasteiger partial charge in [0.25, 0.3) is 0 Å². The lowest BCUT2D eigenvalue weighted by atomic mass is 9.74. The minimum absolute atomic E-state index is 0.0988. The number of nitrogens with two attached hydrogens (primary N) is 1. The van der Waals surface area contributed by atoms with Crippen LogP contribution < -0.4 is 5.73 Å². The van der Waals surface area contributed by atoms with Crippen LogP contribution in [0.25, 0.3) is 0 Å². The lowest BCUT2D eigenvalue weighted by Gasteiger charge is -2.45. The molecule has 116 valence electrons. The van der Waals surface area contributed by atoms with Crippen molar-refractivity contribution >= 4 is 0 Å². The third-order valence-electron chi connectivity index (χ3n) is 6.18. The average Bonchev–Trinajstić information content (AvgIpc) is 2.96. The molecular weight excluding hydrogens is 250 g/mol. The van der Waals surface area contributed by atoms with Crippen molar-refractivity contribution in [2.45, 2.75) is 69.9 Å². The van der Waals surface area contributed by atoms with E-state index in [0.29, 0.717) is 12.0 Å². The molecule has 4 atom stereocenters. The van der Waals surface area contributed by atoms with Gasteiger partial charge in [-0.2, -0.15) is 0 Å². The van der Waals surface area contributed by atoms with Gasteiger partial charge in [-0.3, -0.25) is 0 Å². The molecule has 0 amide bonds. The molecule has 3 heteroatoms. The number of hydrogen-bond acceptors (Lipinski definition) is 3. The van der Waals surface area contributed by atoms with Gasteiger partial charge in [0.2, 0.25) is 0 Å². The molecule has 0 aromatic heterocycles. The summed E-state index contributed by atoms with van der Waals surface area (Å²) in [5.74, 6) is 2.37. The molecule has 0 aromatic rings. The number of rotatable bonds is 3. The Morgan fingerprint density at radius 3 is 2.60 bits per heavy atom. The van der Waals surface area contributed by atoms with Crippen LogP contribution in [-0.4, -0.2) is 31.5 Å². The number of hydrogen-bond donors (Lipinski definition) is 1. The Bertz CT molecular complexity index is 309. The Morgan fingerprint density at radius 2 is 1.90 bits per heavy atom. The smallest absolute Gasteiger partial charge is 0.0729 e. The van der Waals surface area contributed by atoms with Crippen molar-refractivity contribution in [3.8, 4) is 0 Å². The van der Waals surface area contributed by atoms with Gasteiger partial charge in [-0.25, -0.2) is 0 Å². The third-order valence-corrected chi connectivity index (χ3v) is 6.18. The normalized spacial score (nSPS) is 39.0. The molecule has 1 aliphatic carbocycles. The van der Waals surface area contributed by atoms with Gasteiger partial charge in [0.15, 0.2) is 0 Å². The largest absolute Gasteiger partial charge is 0.381 e. The maximum absolute atomic E-state index is 6.67. The summed E-state index contributed by atoms with van der Waals surface area (Å²) < 4.78 is 11.7. The maximum Gasteiger partial charge on any atom is 0.0729 e. The quantitative estimate of drug-likeness (QED) is 0.864. The highest BCUT2D eigenvalue weighted by molar-refractivity contribution is 4.95. The Hall–Kier alpha value is -0.120. The predicted octanol–water partition coefficient (Wildman–Crippen LogP) is 3.12. The molecule has 20 heavy (non-hydrogen) atoms. The van der Waals surface area contributed by atoms with Gasteiger partial charge in [0, 0.05) is 25.9 Å². The van der Waals surface area contributed by atoms with E-state index in [9.17, 15) is 0 Å². The van der Waals surface area contributed by atoms with Gasteiger partial charge in [-0.1, -0.05) is 19.8 Å². The molecule has 2 N–H and O–H groups in total. The minimum atomic E-state index is 0.0988. The molecule has 2 saturated heterocycles. The maximum atomic E-state index is 6.67. The van der Waals surface area contributed by atoms with E-state index in [0.717, 1.165) is 50.9 Å². The second-order valence-electron chi connectivity index (χ2n) is 7.32. The first-order chi connectivity index (χ1) is 9.72. The fourth-order valence-electron chi connectivity index (χ4n) is 4.70. The van der Waals surface area contributed by atoms with E-state index in [-0.39, 0.29) is 5.60 Å². The Balaban J connectivity index is 1.59. The molecule has 1 saturated carbocycles. The van der Waals surface area contributed by atoms with E-state index in [1.807, 2.05) is 0 Å². The van der Waals surface area contributed by atoms with E-state index in [4.69, 9.17) is 15.2 Å². The minimum Gasteiger partial charge on any atom is -0.381 e. The van der Waals surface area contributed by atoms with Crippen LogP contribution in [0.2, 0.25) is 0 Å². The van der Waals surface area contributed by atoms with Crippen molar-refractivity contribution in [2.24, 2.45) is 23.5 Å². The van der Waals surface area contributed by atoms with Crippen molar-refractivity contribution in [1.82, 2.24) is 0 Å². The Kier molecular flexibility index (Phi) is 4.68. The fourth-order valence-corrected chi connectivity index (χ4v) is 4.70. The molecule has 3 fully saturated rings. The first-order valence-electron chi connectivity index (χ1n) is 8.70. The molecule has 2 heterocycles. The van der Waals surface area contributed by atoms with Crippen LogP contribution in [0.4, 0.5) is 0 Å². The van der Waals surface area contributed by atoms with Crippen LogP contribution in [0.1, 0.15) is 58.3 Å². The third kappa shape index (κ3) is 3.05. The van der Waals surface area contributed by atoms with Crippen LogP contribution in [0, 0.1) is 17.8 Å². The Morgan fingerprint density at radius 1 is 1.10 bits per heavy atom. The molecule has 3 rings (SSSR count). The van der Waals surface area contributed by atoms with Gasteiger partial charge in [0.05, 0.1) is 5.60 Å². The van der Waals surface area contributed by atoms with E-state index >= 15 is 0 Å². The molecule has 2 aliphatic heterocycles. The van der Waals surface area contributed by atoms with Crippen molar-refractivity contribution in [3.63, 3.8) is 0 Å². The first-order valence-corrected chi connectivity index (χ1v) is 8.70. The zero-order valence-corrected chi connectivity index (χ0v) is 13.0. The van der Waals surface area contributed by atoms with Gasteiger partial charge in [-0.05, 0) is 56.3 Å². The van der Waals surface area contributed by atoms with Gasteiger partial charge >= 0.3 is 0 Å². The van der Waals surface area contributed by atoms with Crippen molar-refractivity contribution in [3.05, 3.63) is 0 Å². The summed E-state index contributed by atoms with van der Waals surface area (Å²) in [7, 11) is 0. The monoisotopic (exact) mass is 281 g/mol. The summed E-state index contributed by atoms with van der Waals surface area (Å²) in [6.07, 6.45) is 9.92. The van der Waals surface area contributed by atoms with Crippen LogP contribution in [0.3, 0.4) is 0 Å². The summed E-state index contributed by atoms with van der Waals surface area (Å²) in [5, 5.41) is 0. The lowest BCUT2D eigenvalue weighted by Crippen LogP contribution is -2.49. The summed E-state index contributed by atoms with van der Waals surface area (Å²) in [5.41, 5.74) is 6.77. The lowest BCUT2D eigenvalue weighted by molar-refractivity contribution is -0.150. The Labute approximate surface area is 123 Å². The zero-order valence-electron chi connectivity index (χ0n) is 13.0. The van der Waals surface area contributed by atoms with E-state index in [1.54, 1.807) is 0 Å². The summed E-state index contributed by atoms with van der Waals surface area (Å²) >= 11 is 0. The first kappa shape index (κ1) is 14.8. The molecule has 1 spiro atoms. The highest BCUT2D eigenvalue weighted by atomic mass is 16.5. The van der Waals surface area contributed by atoms with E-state index in [2.05, 4.69) is 6.92 Å². The standard InChI is InChI=1S/C17H31NO2/c1-2-13-3-4-14(11-13)16(18)15-5-8-20-17(12-15)6-9-19-10-7-17/h13-16H,2-12,18H2,1H3. The second-order valence-corrected chi connectivity index (χ2v) is 7.32. The van der Waals surface area contributed by atoms with Crippen LogP contribution in [0.5, 0.6) is 0 Å². The number of ether oxygens (including phenoxy) is 2. The second kappa shape index (κ2) is 6.33. The topological polar surface area (TPSA) is 44.5 Å². The zero-order chi connectivity index (χ0) is 14.0. The highest BCUT2D eigenvalue weighted by Gasteiger charge is 2.42. The highest BCUT2D eigenvalue weighted by Crippen LogP contribution is 2.42. The van der Waals surface area contributed by atoms with E-state index in [1.165, 1.54) is 32.1 Å². The van der Waals surface area contributed by atoms with Crippen molar-refractivity contribution in [2.75, 3.05) is 19.8 Å². The SMILES string of the molecule is CCC1CCC(C(N)C2CCOC3(CCOCC3)C2)C1. The van der Waals surface area contributed by atoms with Gasteiger partial charge in [-0.15, -0.1) is 0 Å². The summed E-state index contributed by atoms with van der Waals surface area (Å²) in [4.78, 5) is 0. The summed E-state index contributed by atoms with van der Waals surface area (Å²) in [6.45, 7) is 4.96. The van der Waals surface area contributed by atoms with Gasteiger partial charge < -0.3 is 15.2 Å². The molecule has 4 unspecified atom stereocenters. The average molecular weight is 281 g/mol. The van der Waals surface area contributed by atoms with E-state index < -0.39 is 0 Å². The molecule has 0 radical (unpaired) electrons.